The summed E-state index contributed by atoms with van der Waals surface area (Å²) in [6.07, 6.45) is -0.105. The molecule has 1 aromatic heterocycles. The number of fused-ring (bicyclic) bond motifs is 2. The number of rotatable bonds is 16. The maximum absolute atomic E-state index is 15.0. The molecule has 1 fully saturated rings. The van der Waals surface area contributed by atoms with Gasteiger partial charge in [0.05, 0.1) is 23.9 Å². The monoisotopic (exact) mass is 870 g/mol. The summed E-state index contributed by atoms with van der Waals surface area (Å²) in [4.78, 5) is 52.4. The number of piperazine rings is 1. The van der Waals surface area contributed by atoms with Gasteiger partial charge in [0.25, 0.3) is 11.8 Å². The van der Waals surface area contributed by atoms with Crippen molar-refractivity contribution in [3.05, 3.63) is 173 Å². The second-order valence-electron chi connectivity index (χ2n) is 15.4. The zero-order valence-electron chi connectivity index (χ0n) is 35.1. The molecule has 6 aromatic rings. The van der Waals surface area contributed by atoms with Crippen LogP contribution in [0.15, 0.2) is 134 Å². The van der Waals surface area contributed by atoms with Crippen LogP contribution >= 0.6 is 7.60 Å². The van der Waals surface area contributed by atoms with E-state index in [1.165, 1.54) is 19.1 Å². The summed E-state index contributed by atoms with van der Waals surface area (Å²) in [5.74, 6) is -0.953. The van der Waals surface area contributed by atoms with Gasteiger partial charge >= 0.3 is 13.6 Å². The molecule has 2 amide bonds. The van der Waals surface area contributed by atoms with Gasteiger partial charge in [-0.05, 0) is 60.9 Å². The maximum atomic E-state index is 15.0. The first kappa shape index (κ1) is 43.3. The van der Waals surface area contributed by atoms with Crippen molar-refractivity contribution in [3.8, 4) is 11.5 Å². The van der Waals surface area contributed by atoms with E-state index in [2.05, 4.69) is 4.90 Å². The summed E-state index contributed by atoms with van der Waals surface area (Å²) in [6.45, 7) is 5.53. The normalized spacial score (nSPS) is 15.5. The van der Waals surface area contributed by atoms with Gasteiger partial charge in [-0.2, -0.15) is 0 Å². The second-order valence-corrected chi connectivity index (χ2v) is 17.5. The summed E-state index contributed by atoms with van der Waals surface area (Å²) in [6, 6.07) is 37.8. The van der Waals surface area contributed by atoms with Crippen LogP contribution < -0.4 is 9.26 Å². The molecule has 1 saturated heterocycles. The molecule has 0 N–H and O–H groups in total. The predicted octanol–water partition coefficient (Wildman–Crippen LogP) is 8.70. The van der Waals surface area contributed by atoms with Gasteiger partial charge in [-0.15, -0.1) is 0 Å². The summed E-state index contributed by atoms with van der Waals surface area (Å²) in [5, 5.41) is 0.557. The SMILES string of the molecule is CCOC(=O)[C@H](C)OP(=O)(CCN1CCN(C(=O)c2c3c(c(OC(c4ccccc4)c4ccccc4)c4ncccc24)C(=O)N(Cc2ccc(F)cc2)C3)CC1)Oc1ccccc1. The van der Waals surface area contributed by atoms with Gasteiger partial charge in [-0.1, -0.05) is 97.1 Å². The number of halogens is 1. The molecular formula is C49H48FN4O8P. The first-order valence-electron chi connectivity index (χ1n) is 21.0. The highest BCUT2D eigenvalue weighted by Gasteiger charge is 2.40. The molecule has 0 spiro atoms. The van der Waals surface area contributed by atoms with Crippen LogP contribution in [0, 0.1) is 5.82 Å². The van der Waals surface area contributed by atoms with E-state index in [9.17, 15) is 23.3 Å². The highest BCUT2D eigenvalue weighted by atomic mass is 31.2. The summed E-state index contributed by atoms with van der Waals surface area (Å²) < 4.78 is 51.9. The van der Waals surface area contributed by atoms with Gasteiger partial charge in [0.1, 0.15) is 23.2 Å². The molecule has 2 aliphatic rings. The molecule has 12 nitrogen and oxygen atoms in total. The Labute approximate surface area is 365 Å². The van der Waals surface area contributed by atoms with Gasteiger partial charge < -0.3 is 23.8 Å². The fourth-order valence-corrected chi connectivity index (χ4v) is 9.82. The molecule has 0 radical (unpaired) electrons. The Morgan fingerprint density at radius 1 is 0.825 bits per heavy atom. The number of esters is 1. The van der Waals surface area contributed by atoms with Crippen LogP contribution in [0.2, 0.25) is 0 Å². The lowest BCUT2D eigenvalue weighted by Crippen LogP contribution is -2.49. The van der Waals surface area contributed by atoms with Crippen molar-refractivity contribution < 1.29 is 41.9 Å². The van der Waals surface area contributed by atoms with Crippen molar-refractivity contribution in [2.24, 2.45) is 0 Å². The lowest BCUT2D eigenvalue weighted by atomic mass is 9.94. The molecule has 14 heteroatoms. The van der Waals surface area contributed by atoms with E-state index < -0.39 is 25.8 Å². The number of nitrogens with zero attached hydrogens (tertiary/aromatic N) is 4. The zero-order chi connectivity index (χ0) is 43.9. The Balaban J connectivity index is 1.09. The number of ether oxygens (including phenoxy) is 2. The molecule has 2 atom stereocenters. The molecule has 1 unspecified atom stereocenters. The van der Waals surface area contributed by atoms with Gasteiger partial charge in [-0.25, -0.2) is 13.8 Å². The molecule has 324 valence electrons. The number of amides is 2. The highest BCUT2D eigenvalue weighted by Crippen LogP contribution is 2.50. The number of aromatic nitrogens is 1. The molecule has 0 bridgehead atoms. The van der Waals surface area contributed by atoms with Crippen molar-refractivity contribution in [2.75, 3.05) is 45.5 Å². The quantitative estimate of drug-likeness (QED) is 0.0689. The van der Waals surface area contributed by atoms with Gasteiger partial charge in [0.15, 0.2) is 11.9 Å². The van der Waals surface area contributed by atoms with E-state index in [-0.39, 0.29) is 54.8 Å². The van der Waals surface area contributed by atoms with Crippen LogP contribution in [0.25, 0.3) is 10.9 Å². The molecule has 8 rings (SSSR count). The molecule has 3 heterocycles. The van der Waals surface area contributed by atoms with Crippen molar-refractivity contribution in [3.63, 3.8) is 0 Å². The third kappa shape index (κ3) is 9.81. The van der Waals surface area contributed by atoms with E-state index in [1.807, 2.05) is 72.8 Å². The third-order valence-corrected chi connectivity index (χ3v) is 13.1. The number of para-hydroxylation sites is 1. The third-order valence-electron chi connectivity index (χ3n) is 11.2. The lowest BCUT2D eigenvalue weighted by molar-refractivity contribution is -0.150. The molecule has 5 aromatic carbocycles. The Morgan fingerprint density at radius 2 is 1.46 bits per heavy atom. The molecule has 0 aliphatic carbocycles. The number of carbonyl (C=O) groups is 3. The Morgan fingerprint density at radius 3 is 2.10 bits per heavy atom. The van der Waals surface area contributed by atoms with E-state index in [4.69, 9.17) is 23.5 Å². The van der Waals surface area contributed by atoms with E-state index >= 15 is 0 Å². The largest absolute Gasteiger partial charge is 0.478 e. The van der Waals surface area contributed by atoms with Crippen molar-refractivity contribution in [1.82, 2.24) is 19.7 Å². The fraction of sp³-hybridized carbons (Fsp3) is 0.265. The van der Waals surface area contributed by atoms with Crippen LogP contribution in [0.4, 0.5) is 4.39 Å². The van der Waals surface area contributed by atoms with Gasteiger partial charge in [-0.3, -0.25) is 24.0 Å². The molecule has 63 heavy (non-hydrogen) atoms. The predicted molar refractivity (Wildman–Crippen MR) is 236 cm³/mol. The van der Waals surface area contributed by atoms with Crippen LogP contribution in [-0.4, -0.2) is 89.1 Å². The Bertz CT molecular complexity index is 2570. The summed E-state index contributed by atoms with van der Waals surface area (Å²) in [7, 11) is -3.85. The lowest BCUT2D eigenvalue weighted by Gasteiger charge is -2.36. The van der Waals surface area contributed by atoms with E-state index in [0.717, 1.165) is 16.7 Å². The first-order valence-corrected chi connectivity index (χ1v) is 22.8. The maximum Gasteiger partial charge on any atom is 0.381 e. The minimum Gasteiger partial charge on any atom is -0.478 e. The van der Waals surface area contributed by atoms with Crippen molar-refractivity contribution in [1.29, 1.82) is 0 Å². The number of hydrogen-bond acceptors (Lipinski definition) is 10. The van der Waals surface area contributed by atoms with Gasteiger partial charge in [0.2, 0.25) is 0 Å². The number of hydrogen-bond donors (Lipinski definition) is 0. The van der Waals surface area contributed by atoms with E-state index in [0.29, 0.717) is 60.5 Å². The standard InChI is InChI=1S/C49H48FN4O8P/c1-3-59-49(57)34(2)61-63(58,62-39-18-11-6-12-19-39)31-30-52-26-28-53(29-27-52)47(55)42-40-20-13-25-51-44(40)46(60-45(36-14-7-4-8-15-36)37-16-9-5-10-17-37)43-41(42)33-54(48(43)56)32-35-21-23-38(50)24-22-35/h4-25,34,45H,3,26-33H2,1-2H3/t34-,63?/m0/s1. The smallest absolute Gasteiger partial charge is 0.381 e. The summed E-state index contributed by atoms with van der Waals surface area (Å²) >= 11 is 0. The number of carbonyl (C=O) groups excluding carboxylic acids is 3. The highest BCUT2D eigenvalue weighted by molar-refractivity contribution is 7.54. The van der Waals surface area contributed by atoms with Crippen LogP contribution in [0.1, 0.15) is 62.9 Å². The molecular weight excluding hydrogens is 823 g/mol. The second kappa shape index (κ2) is 19.3. The number of benzene rings is 5. The average Bonchev–Trinajstić information content (AvgIpc) is 3.63. The first-order chi connectivity index (χ1) is 30.6. The van der Waals surface area contributed by atoms with E-state index in [1.54, 1.807) is 65.4 Å². The average molecular weight is 871 g/mol. The minimum atomic E-state index is -3.85. The minimum absolute atomic E-state index is 0.0101. The summed E-state index contributed by atoms with van der Waals surface area (Å²) in [5.41, 5.74) is 4.05. The molecule has 0 saturated carbocycles. The van der Waals surface area contributed by atoms with Crippen LogP contribution in [0.3, 0.4) is 0 Å². The van der Waals surface area contributed by atoms with Crippen molar-refractivity contribution >= 4 is 36.3 Å². The van der Waals surface area contributed by atoms with Gasteiger partial charge in [0, 0.05) is 63.0 Å². The molecule has 2 aliphatic heterocycles. The fourth-order valence-electron chi connectivity index (χ4n) is 8.04. The van der Waals surface area contributed by atoms with Crippen LogP contribution in [-0.2, 0) is 31.7 Å². The number of pyridine rings is 1. The topological polar surface area (TPSA) is 128 Å². The van der Waals surface area contributed by atoms with Crippen molar-refractivity contribution in [2.45, 2.75) is 39.1 Å². The Hall–Kier alpha value is -6.40. The van der Waals surface area contributed by atoms with Crippen LogP contribution in [0.5, 0.6) is 11.5 Å². The Kier molecular flexibility index (Phi) is 13.3. The zero-order valence-corrected chi connectivity index (χ0v) is 36.0.